The van der Waals surface area contributed by atoms with Gasteiger partial charge in [0.15, 0.2) is 5.16 Å². The highest BCUT2D eigenvalue weighted by molar-refractivity contribution is 7.99. The van der Waals surface area contributed by atoms with Crippen LogP contribution in [0.5, 0.6) is 0 Å². The molecule has 2 heterocycles. The fraction of sp³-hybridized carbons (Fsp3) is 0.357. The van der Waals surface area contributed by atoms with Crippen LogP contribution < -0.4 is 5.32 Å². The van der Waals surface area contributed by atoms with Gasteiger partial charge in [0.1, 0.15) is 22.3 Å². The lowest BCUT2D eigenvalue weighted by Crippen LogP contribution is -2.14. The van der Waals surface area contributed by atoms with Gasteiger partial charge in [0, 0.05) is 7.05 Å². The number of hydrogen-bond donors (Lipinski definition) is 1. The maximum Gasteiger partial charge on any atom is 0.348 e. The summed E-state index contributed by atoms with van der Waals surface area (Å²) in [6, 6.07) is 2.02. The van der Waals surface area contributed by atoms with Gasteiger partial charge in [-0.3, -0.25) is 4.79 Å². The average Bonchev–Trinajstić information content (AvgIpc) is 3.09. The first kappa shape index (κ1) is 18.0. The number of ether oxygens (including phenoxy) is 1. The lowest BCUT2D eigenvalue weighted by atomic mass is 10.2. The molecule has 8 nitrogen and oxygen atoms in total. The Labute approximate surface area is 146 Å². The molecule has 1 N–H and O–H groups in total. The molecule has 0 aliphatic carbocycles. The number of anilines is 1. The first-order chi connectivity index (χ1) is 11.5. The zero-order valence-corrected chi connectivity index (χ0v) is 15.0. The molecule has 0 aliphatic rings. The molecule has 0 bridgehead atoms. The Morgan fingerprint density at radius 1 is 1.54 bits per heavy atom. The van der Waals surface area contributed by atoms with Gasteiger partial charge in [-0.1, -0.05) is 11.8 Å². The average molecular weight is 365 g/mol. The number of aromatic nitrogens is 3. The highest BCUT2D eigenvalue weighted by Gasteiger charge is 2.22. The van der Waals surface area contributed by atoms with E-state index in [0.29, 0.717) is 20.6 Å². The number of esters is 1. The van der Waals surface area contributed by atoms with Crippen LogP contribution in [0.15, 0.2) is 11.5 Å². The summed E-state index contributed by atoms with van der Waals surface area (Å²) >= 11 is 2.27. The lowest BCUT2D eigenvalue weighted by molar-refractivity contribution is -0.113. The molecule has 0 fully saturated rings. The number of nitrogens with zero attached hydrogens (tertiary/aromatic N) is 4. The second-order valence-corrected chi connectivity index (χ2v) is 6.62. The molecule has 0 radical (unpaired) electrons. The van der Waals surface area contributed by atoms with E-state index in [1.807, 2.05) is 6.07 Å². The molecule has 0 spiro atoms. The highest BCUT2D eigenvalue weighted by Crippen LogP contribution is 2.33. The number of carbonyl (C=O) groups excluding carboxylic acids is 2. The molecular weight excluding hydrogens is 350 g/mol. The van der Waals surface area contributed by atoms with E-state index in [-0.39, 0.29) is 23.8 Å². The Morgan fingerprint density at radius 3 is 2.88 bits per heavy atom. The summed E-state index contributed by atoms with van der Waals surface area (Å²) in [6.07, 6.45) is 1.54. The van der Waals surface area contributed by atoms with E-state index in [1.165, 1.54) is 11.8 Å². The lowest BCUT2D eigenvalue weighted by Gasteiger charge is -2.03. The summed E-state index contributed by atoms with van der Waals surface area (Å²) in [5, 5.41) is 20.5. The minimum atomic E-state index is -0.495. The van der Waals surface area contributed by atoms with E-state index >= 15 is 0 Å². The van der Waals surface area contributed by atoms with Crippen LogP contribution in [0.2, 0.25) is 0 Å². The van der Waals surface area contributed by atoms with Crippen molar-refractivity contribution in [3.05, 3.63) is 22.3 Å². The Balaban J connectivity index is 2.10. The SMILES string of the molecule is CCOC(=O)c1sc(NC(=O)CSc2nncn2C)c(C#N)c1C. The molecule has 0 saturated heterocycles. The Bertz CT molecular complexity index is 806. The fourth-order valence-electron chi connectivity index (χ4n) is 1.82. The molecule has 2 rings (SSSR count). The number of carbonyl (C=O) groups is 2. The van der Waals surface area contributed by atoms with E-state index in [0.717, 1.165) is 11.3 Å². The van der Waals surface area contributed by atoms with Crippen LogP contribution >= 0.6 is 23.1 Å². The normalized spacial score (nSPS) is 10.2. The van der Waals surface area contributed by atoms with Gasteiger partial charge in [-0.15, -0.1) is 21.5 Å². The number of nitrogens with one attached hydrogen (secondary N) is 1. The van der Waals surface area contributed by atoms with Crippen molar-refractivity contribution in [1.82, 2.24) is 14.8 Å². The van der Waals surface area contributed by atoms with Crippen LogP contribution in [0.4, 0.5) is 5.00 Å². The summed E-state index contributed by atoms with van der Waals surface area (Å²) in [5.74, 6) is -0.676. The largest absolute Gasteiger partial charge is 0.462 e. The Hall–Kier alpha value is -2.38. The van der Waals surface area contributed by atoms with Gasteiger partial charge in [0.2, 0.25) is 5.91 Å². The van der Waals surface area contributed by atoms with E-state index < -0.39 is 5.97 Å². The van der Waals surface area contributed by atoms with E-state index in [9.17, 15) is 14.9 Å². The Morgan fingerprint density at radius 2 is 2.29 bits per heavy atom. The van der Waals surface area contributed by atoms with Crippen molar-refractivity contribution in [3.8, 4) is 6.07 Å². The fourth-order valence-corrected chi connectivity index (χ4v) is 3.58. The third-order valence-corrected chi connectivity index (χ3v) is 5.20. The van der Waals surface area contributed by atoms with E-state index in [1.54, 1.807) is 31.8 Å². The molecule has 2 aromatic heterocycles. The molecule has 0 unspecified atom stereocenters. The van der Waals surface area contributed by atoms with Crippen molar-refractivity contribution in [2.45, 2.75) is 19.0 Å². The minimum absolute atomic E-state index is 0.114. The minimum Gasteiger partial charge on any atom is -0.462 e. The van der Waals surface area contributed by atoms with Crippen molar-refractivity contribution >= 4 is 40.0 Å². The van der Waals surface area contributed by atoms with Gasteiger partial charge in [0.05, 0.1) is 17.9 Å². The molecule has 10 heteroatoms. The number of nitriles is 1. The number of thiophene rings is 1. The first-order valence-electron chi connectivity index (χ1n) is 6.95. The third-order valence-electron chi connectivity index (χ3n) is 2.97. The van der Waals surface area contributed by atoms with Crippen LogP contribution in [0.1, 0.15) is 27.7 Å². The van der Waals surface area contributed by atoms with Crippen molar-refractivity contribution in [1.29, 1.82) is 5.26 Å². The molecule has 0 aliphatic heterocycles. The molecule has 0 atom stereocenters. The smallest absolute Gasteiger partial charge is 0.348 e. The molecule has 126 valence electrons. The van der Waals surface area contributed by atoms with Crippen LogP contribution in [-0.2, 0) is 16.6 Å². The highest BCUT2D eigenvalue weighted by atomic mass is 32.2. The third kappa shape index (κ3) is 3.93. The summed E-state index contributed by atoms with van der Waals surface area (Å²) in [6.45, 7) is 3.61. The molecule has 0 aromatic carbocycles. The number of hydrogen-bond acceptors (Lipinski definition) is 8. The van der Waals surface area contributed by atoms with E-state index in [2.05, 4.69) is 15.5 Å². The van der Waals surface area contributed by atoms with Crippen molar-refractivity contribution in [2.24, 2.45) is 7.05 Å². The van der Waals surface area contributed by atoms with Gasteiger partial charge in [-0.05, 0) is 19.4 Å². The zero-order valence-electron chi connectivity index (χ0n) is 13.3. The second kappa shape index (κ2) is 7.94. The van der Waals surface area contributed by atoms with Gasteiger partial charge >= 0.3 is 5.97 Å². The van der Waals surface area contributed by atoms with Crippen LogP contribution in [0, 0.1) is 18.3 Å². The van der Waals surface area contributed by atoms with Crippen molar-refractivity contribution in [2.75, 3.05) is 17.7 Å². The number of rotatable bonds is 6. The molecule has 1 amide bonds. The predicted molar refractivity (Wildman–Crippen MR) is 90.1 cm³/mol. The van der Waals surface area contributed by atoms with Crippen LogP contribution in [0.25, 0.3) is 0 Å². The molecular formula is C14H15N5O3S2. The topological polar surface area (TPSA) is 110 Å². The van der Waals surface area contributed by atoms with Gasteiger partial charge in [0.25, 0.3) is 0 Å². The van der Waals surface area contributed by atoms with Gasteiger partial charge in [-0.2, -0.15) is 5.26 Å². The molecule has 2 aromatic rings. The Kier molecular flexibility index (Phi) is 5.94. The summed E-state index contributed by atoms with van der Waals surface area (Å²) in [5.41, 5.74) is 0.789. The van der Waals surface area contributed by atoms with Gasteiger partial charge in [-0.25, -0.2) is 4.79 Å². The van der Waals surface area contributed by atoms with Crippen molar-refractivity contribution in [3.63, 3.8) is 0 Å². The number of amides is 1. The summed E-state index contributed by atoms with van der Waals surface area (Å²) in [4.78, 5) is 24.3. The standard InChI is InChI=1S/C14H15N5O3S2/c1-4-22-13(21)11-8(2)9(5-15)12(24-11)17-10(20)6-23-14-18-16-7-19(14)3/h7H,4,6H2,1-3H3,(H,17,20). The second-order valence-electron chi connectivity index (χ2n) is 4.65. The number of aryl methyl sites for hydroxylation is 1. The zero-order chi connectivity index (χ0) is 17.7. The van der Waals surface area contributed by atoms with E-state index in [4.69, 9.17) is 4.74 Å². The first-order valence-corrected chi connectivity index (χ1v) is 8.75. The quantitative estimate of drug-likeness (QED) is 0.615. The molecule has 0 saturated carbocycles. The maximum atomic E-state index is 12.1. The molecule has 24 heavy (non-hydrogen) atoms. The predicted octanol–water partition coefficient (Wildman–Crippen LogP) is 1.96. The summed E-state index contributed by atoms with van der Waals surface area (Å²) < 4.78 is 6.66. The summed E-state index contributed by atoms with van der Waals surface area (Å²) in [7, 11) is 1.78. The maximum absolute atomic E-state index is 12.1. The van der Waals surface area contributed by atoms with Gasteiger partial charge < -0.3 is 14.6 Å². The monoisotopic (exact) mass is 365 g/mol. The van der Waals surface area contributed by atoms with Crippen molar-refractivity contribution < 1.29 is 14.3 Å². The number of thioether (sulfide) groups is 1. The van der Waals surface area contributed by atoms with Crippen LogP contribution in [-0.4, -0.2) is 39.0 Å². The van der Waals surface area contributed by atoms with Crippen LogP contribution in [0.3, 0.4) is 0 Å².